The number of aliphatic hydroxyl groups excluding tert-OH is 1. The van der Waals surface area contributed by atoms with Crippen LogP contribution in [0.1, 0.15) is 27.2 Å². The highest BCUT2D eigenvalue weighted by Crippen LogP contribution is 2.24. The molecule has 4 N–H and O–H groups in total. The molecule has 0 radical (unpaired) electrons. The highest BCUT2D eigenvalue weighted by Gasteiger charge is 2.28. The summed E-state index contributed by atoms with van der Waals surface area (Å²) in [4.78, 5) is 28.1. The van der Waals surface area contributed by atoms with Crippen LogP contribution in [0.3, 0.4) is 0 Å². The predicted molar refractivity (Wildman–Crippen MR) is 82.6 cm³/mol. The van der Waals surface area contributed by atoms with Gasteiger partial charge in [0.25, 0.3) is 5.56 Å². The Labute approximate surface area is 123 Å². The number of aliphatic hydroxyl groups is 1. The van der Waals surface area contributed by atoms with Crippen molar-refractivity contribution in [2.75, 3.05) is 23.7 Å². The standard InChI is InChI=1S/C14H24N4O3/c1-8(2)6-18-12(15)11(13(20)16-14(18)21)17-5-4-9(3)10(19)7-17/h8-10,19H,4-7,15H2,1-3H3,(H,16,20,21). The largest absolute Gasteiger partial charge is 0.391 e. The molecular formula is C14H24N4O3. The van der Waals surface area contributed by atoms with E-state index in [0.717, 1.165) is 6.42 Å². The number of β-amino-alcohol motifs (C(OH)–C–C–N with tert-alkyl or cyclic N) is 1. The number of piperidine rings is 1. The molecule has 0 spiro atoms. The fourth-order valence-electron chi connectivity index (χ4n) is 2.68. The van der Waals surface area contributed by atoms with Gasteiger partial charge < -0.3 is 15.7 Å². The van der Waals surface area contributed by atoms with Crippen LogP contribution in [-0.2, 0) is 6.54 Å². The third-order valence-electron chi connectivity index (χ3n) is 4.00. The van der Waals surface area contributed by atoms with E-state index in [9.17, 15) is 14.7 Å². The minimum Gasteiger partial charge on any atom is -0.391 e. The highest BCUT2D eigenvalue weighted by molar-refractivity contribution is 5.62. The zero-order chi connectivity index (χ0) is 15.7. The molecule has 0 bridgehead atoms. The lowest BCUT2D eigenvalue weighted by Gasteiger charge is -2.35. The number of nitrogens with two attached hydrogens (primary N) is 1. The van der Waals surface area contributed by atoms with E-state index < -0.39 is 17.4 Å². The van der Waals surface area contributed by atoms with Crippen LogP contribution in [0.15, 0.2) is 9.59 Å². The summed E-state index contributed by atoms with van der Waals surface area (Å²) in [5, 5.41) is 10.00. The molecule has 2 rings (SSSR count). The van der Waals surface area contributed by atoms with E-state index in [1.165, 1.54) is 4.57 Å². The van der Waals surface area contributed by atoms with Gasteiger partial charge in [0.15, 0.2) is 0 Å². The van der Waals surface area contributed by atoms with Crippen molar-refractivity contribution in [1.29, 1.82) is 0 Å². The van der Waals surface area contributed by atoms with Gasteiger partial charge in [0.05, 0.1) is 6.10 Å². The van der Waals surface area contributed by atoms with Crippen molar-refractivity contribution < 1.29 is 5.11 Å². The van der Waals surface area contributed by atoms with Crippen molar-refractivity contribution in [3.05, 3.63) is 20.8 Å². The van der Waals surface area contributed by atoms with E-state index in [1.54, 1.807) is 4.90 Å². The average Bonchev–Trinajstić information content (AvgIpc) is 2.38. The molecule has 0 aliphatic carbocycles. The van der Waals surface area contributed by atoms with E-state index in [1.807, 2.05) is 20.8 Å². The summed E-state index contributed by atoms with van der Waals surface area (Å²) < 4.78 is 1.39. The molecule has 118 valence electrons. The summed E-state index contributed by atoms with van der Waals surface area (Å²) in [5.41, 5.74) is 5.38. The van der Waals surface area contributed by atoms with E-state index >= 15 is 0 Å². The van der Waals surface area contributed by atoms with Gasteiger partial charge in [0.2, 0.25) is 0 Å². The Morgan fingerprint density at radius 1 is 1.43 bits per heavy atom. The molecule has 1 aliphatic rings. The van der Waals surface area contributed by atoms with Crippen LogP contribution in [0.4, 0.5) is 11.5 Å². The highest BCUT2D eigenvalue weighted by atomic mass is 16.3. The summed E-state index contributed by atoms with van der Waals surface area (Å²) in [6.07, 6.45) is 0.284. The first-order chi connectivity index (χ1) is 9.81. The molecule has 0 saturated carbocycles. The van der Waals surface area contributed by atoms with Crippen molar-refractivity contribution in [2.45, 2.75) is 39.8 Å². The molecule has 1 saturated heterocycles. The topological polar surface area (TPSA) is 104 Å². The lowest BCUT2D eigenvalue weighted by atomic mass is 9.96. The molecule has 0 amide bonds. The van der Waals surface area contributed by atoms with E-state index in [0.29, 0.717) is 25.3 Å². The Kier molecular flexibility index (Phi) is 4.41. The Morgan fingerprint density at radius 2 is 2.10 bits per heavy atom. The van der Waals surface area contributed by atoms with E-state index in [-0.39, 0.29) is 17.7 Å². The maximum absolute atomic E-state index is 12.1. The minimum atomic E-state index is -0.497. The normalized spacial score (nSPS) is 22.8. The van der Waals surface area contributed by atoms with Gasteiger partial charge in [0, 0.05) is 19.6 Å². The molecule has 7 nitrogen and oxygen atoms in total. The molecule has 1 fully saturated rings. The summed E-state index contributed by atoms with van der Waals surface area (Å²) in [6.45, 7) is 7.38. The van der Waals surface area contributed by atoms with Crippen LogP contribution in [0.2, 0.25) is 0 Å². The maximum Gasteiger partial charge on any atom is 0.330 e. The van der Waals surface area contributed by atoms with Gasteiger partial charge in [-0.25, -0.2) is 4.79 Å². The second-order valence-electron chi connectivity index (χ2n) is 6.28. The lowest BCUT2D eigenvalue weighted by molar-refractivity contribution is 0.103. The van der Waals surface area contributed by atoms with Crippen molar-refractivity contribution in [3.63, 3.8) is 0 Å². The van der Waals surface area contributed by atoms with E-state index in [4.69, 9.17) is 5.73 Å². The Morgan fingerprint density at radius 3 is 2.67 bits per heavy atom. The van der Waals surface area contributed by atoms with Gasteiger partial charge in [-0.15, -0.1) is 0 Å². The Hall–Kier alpha value is -1.76. The number of hydrogen-bond acceptors (Lipinski definition) is 5. The molecule has 1 aromatic rings. The zero-order valence-corrected chi connectivity index (χ0v) is 12.8. The average molecular weight is 296 g/mol. The third-order valence-corrected chi connectivity index (χ3v) is 4.00. The first-order valence-electron chi connectivity index (χ1n) is 7.36. The van der Waals surface area contributed by atoms with Crippen molar-refractivity contribution in [1.82, 2.24) is 9.55 Å². The quantitative estimate of drug-likeness (QED) is 0.727. The summed E-state index contributed by atoms with van der Waals surface area (Å²) in [7, 11) is 0. The number of anilines is 2. The van der Waals surface area contributed by atoms with Crippen LogP contribution >= 0.6 is 0 Å². The van der Waals surface area contributed by atoms with Crippen molar-refractivity contribution in [3.8, 4) is 0 Å². The molecule has 2 unspecified atom stereocenters. The van der Waals surface area contributed by atoms with Gasteiger partial charge in [-0.1, -0.05) is 20.8 Å². The minimum absolute atomic E-state index is 0.180. The molecular weight excluding hydrogens is 272 g/mol. The third kappa shape index (κ3) is 3.12. The van der Waals surface area contributed by atoms with Gasteiger partial charge >= 0.3 is 5.69 Å². The Bertz CT molecular complexity index is 620. The molecule has 2 heterocycles. The van der Waals surface area contributed by atoms with Crippen molar-refractivity contribution >= 4 is 11.5 Å². The molecule has 0 aromatic carbocycles. The fraction of sp³-hybridized carbons (Fsp3) is 0.714. The molecule has 7 heteroatoms. The second-order valence-corrected chi connectivity index (χ2v) is 6.28. The number of rotatable bonds is 3. The molecule has 2 atom stereocenters. The lowest BCUT2D eigenvalue weighted by Crippen LogP contribution is -2.47. The number of hydrogen-bond donors (Lipinski definition) is 3. The van der Waals surface area contributed by atoms with Gasteiger partial charge in [-0.05, 0) is 18.3 Å². The van der Waals surface area contributed by atoms with Crippen LogP contribution in [0.25, 0.3) is 0 Å². The molecule has 21 heavy (non-hydrogen) atoms. The van der Waals surface area contributed by atoms with Gasteiger partial charge in [-0.2, -0.15) is 0 Å². The van der Waals surface area contributed by atoms with Crippen molar-refractivity contribution in [2.24, 2.45) is 11.8 Å². The first kappa shape index (κ1) is 15.6. The summed E-state index contributed by atoms with van der Waals surface area (Å²) >= 11 is 0. The maximum atomic E-state index is 12.1. The molecule has 1 aliphatic heterocycles. The number of aromatic amines is 1. The van der Waals surface area contributed by atoms with Crippen LogP contribution < -0.4 is 21.9 Å². The van der Waals surface area contributed by atoms with Crippen LogP contribution in [0.5, 0.6) is 0 Å². The first-order valence-corrected chi connectivity index (χ1v) is 7.36. The number of nitrogens with one attached hydrogen (secondary N) is 1. The predicted octanol–water partition coefficient (Wildman–Crippen LogP) is -0.0181. The number of H-pyrrole nitrogens is 1. The Balaban J connectivity index is 2.44. The molecule has 1 aromatic heterocycles. The monoisotopic (exact) mass is 296 g/mol. The van der Waals surface area contributed by atoms with E-state index in [2.05, 4.69) is 4.98 Å². The number of aromatic nitrogens is 2. The zero-order valence-electron chi connectivity index (χ0n) is 12.8. The van der Waals surface area contributed by atoms with Crippen LogP contribution in [-0.4, -0.2) is 33.9 Å². The van der Waals surface area contributed by atoms with Crippen LogP contribution in [0, 0.1) is 11.8 Å². The number of nitrogen functional groups attached to an aromatic ring is 1. The fourth-order valence-corrected chi connectivity index (χ4v) is 2.68. The summed E-state index contributed by atoms with van der Waals surface area (Å²) in [6, 6.07) is 0. The number of nitrogens with zero attached hydrogens (tertiary/aromatic N) is 2. The second kappa shape index (κ2) is 5.93. The van der Waals surface area contributed by atoms with Gasteiger partial charge in [-0.3, -0.25) is 14.3 Å². The van der Waals surface area contributed by atoms with Gasteiger partial charge in [0.1, 0.15) is 11.5 Å². The summed E-state index contributed by atoms with van der Waals surface area (Å²) in [5.74, 6) is 0.609. The SMILES string of the molecule is CC(C)Cn1c(N)c(N2CCC(C)C(O)C2)c(=O)[nH]c1=O. The smallest absolute Gasteiger partial charge is 0.330 e.